The fraction of sp³-hybridized carbons (Fsp3) is 0.483. The van der Waals surface area contributed by atoms with Crippen molar-refractivity contribution in [1.29, 1.82) is 0 Å². The maximum absolute atomic E-state index is 13.3. The van der Waals surface area contributed by atoms with Crippen LogP contribution in [0.5, 0.6) is 0 Å². The van der Waals surface area contributed by atoms with E-state index in [0.29, 0.717) is 34.0 Å². The fourth-order valence-electron chi connectivity index (χ4n) is 5.93. The molecule has 226 valence electrons. The Balaban J connectivity index is 1.85. The second-order valence-electron chi connectivity index (χ2n) is 11.8. The summed E-state index contributed by atoms with van der Waals surface area (Å²) >= 11 is 0. The van der Waals surface area contributed by atoms with E-state index in [4.69, 9.17) is 5.73 Å². The summed E-state index contributed by atoms with van der Waals surface area (Å²) in [4.78, 5) is 38.6. The Morgan fingerprint density at radius 3 is 2.43 bits per heavy atom. The molecule has 13 heteroatoms. The number of pyridine rings is 1. The number of nitrogens with two attached hydrogens (primary N) is 1. The third kappa shape index (κ3) is 6.66. The Labute approximate surface area is 241 Å². The van der Waals surface area contributed by atoms with Gasteiger partial charge in [-0.05, 0) is 60.1 Å². The number of aryl methyl sites for hydroxylation is 1. The minimum atomic E-state index is -4.68. The number of amides is 2. The number of anilines is 2. The van der Waals surface area contributed by atoms with Crippen LogP contribution in [0.1, 0.15) is 67.8 Å². The number of primary amides is 1. The average Bonchev–Trinajstić information content (AvgIpc) is 3.27. The lowest BCUT2D eigenvalue weighted by atomic mass is 9.58. The largest absolute Gasteiger partial charge is 0.406 e. The Bertz CT molecular complexity index is 1540. The SMILES string of the molecule is CC(=O)Nc1cc(N(Cc2cc(C(N)=O)c(=O)n(CC(F)(F)F)c2)CC(C)C)cc(C2(c3nncn3C)CC(C)C2)c1. The number of carbonyl (C=O) groups is 2. The van der Waals surface area contributed by atoms with E-state index >= 15 is 0 Å². The molecule has 0 atom stereocenters. The molecular formula is C29H36F3N7O3. The molecule has 1 saturated carbocycles. The van der Waals surface area contributed by atoms with Gasteiger partial charge in [-0.15, -0.1) is 10.2 Å². The molecule has 1 aliphatic rings. The summed E-state index contributed by atoms with van der Waals surface area (Å²) in [5.41, 5.74) is 5.80. The van der Waals surface area contributed by atoms with Crippen LogP contribution in [0.25, 0.3) is 0 Å². The first-order chi connectivity index (χ1) is 19.6. The van der Waals surface area contributed by atoms with Gasteiger partial charge in [-0.3, -0.25) is 14.4 Å². The monoisotopic (exact) mass is 587 g/mol. The van der Waals surface area contributed by atoms with Crippen molar-refractivity contribution in [3.8, 4) is 0 Å². The summed E-state index contributed by atoms with van der Waals surface area (Å²) < 4.78 is 42.2. The molecule has 0 bridgehead atoms. The van der Waals surface area contributed by atoms with Gasteiger partial charge in [0.15, 0.2) is 0 Å². The van der Waals surface area contributed by atoms with Gasteiger partial charge in [0.25, 0.3) is 11.5 Å². The van der Waals surface area contributed by atoms with Crippen LogP contribution in [0.3, 0.4) is 0 Å². The predicted molar refractivity (Wildman–Crippen MR) is 152 cm³/mol. The van der Waals surface area contributed by atoms with E-state index in [9.17, 15) is 27.6 Å². The van der Waals surface area contributed by atoms with E-state index in [1.54, 1.807) is 12.4 Å². The minimum Gasteiger partial charge on any atom is -0.367 e. The first-order valence-electron chi connectivity index (χ1n) is 13.7. The Hall–Kier alpha value is -4.16. The summed E-state index contributed by atoms with van der Waals surface area (Å²) in [7, 11) is 1.88. The number of carbonyl (C=O) groups excluding carboxylic acids is 2. The highest BCUT2D eigenvalue weighted by atomic mass is 19.4. The standard InChI is InChI=1S/C29H36F3N7O3/c1-17(2)12-38(13-20-6-24(25(33)41)26(42)39(14-20)15-29(30,31)32)23-8-21(7-22(9-23)35-19(4)40)28(10-18(3)11-28)27-36-34-16-37(27)5/h6-9,14,16-18H,10-13,15H2,1-5H3,(H2,33,41)(H,35,40). The van der Waals surface area contributed by atoms with Gasteiger partial charge >= 0.3 is 6.18 Å². The molecule has 10 nitrogen and oxygen atoms in total. The summed E-state index contributed by atoms with van der Waals surface area (Å²) in [6.45, 7) is 6.58. The van der Waals surface area contributed by atoms with Crippen LogP contribution in [-0.2, 0) is 30.3 Å². The molecule has 2 amide bonds. The summed E-state index contributed by atoms with van der Waals surface area (Å²) in [6.07, 6.45) is -0.280. The molecule has 1 aliphatic carbocycles. The van der Waals surface area contributed by atoms with Crippen molar-refractivity contribution in [3.05, 3.63) is 69.7 Å². The van der Waals surface area contributed by atoms with Gasteiger partial charge < -0.3 is 25.1 Å². The van der Waals surface area contributed by atoms with E-state index in [1.165, 1.54) is 13.0 Å². The van der Waals surface area contributed by atoms with Crippen molar-refractivity contribution in [1.82, 2.24) is 19.3 Å². The molecule has 3 N–H and O–H groups in total. The molecule has 1 aromatic carbocycles. The summed E-state index contributed by atoms with van der Waals surface area (Å²) in [5.74, 6) is 0.00265. The minimum absolute atomic E-state index is 0.0763. The van der Waals surface area contributed by atoms with Crippen molar-refractivity contribution in [2.75, 3.05) is 16.8 Å². The second kappa shape index (κ2) is 11.6. The lowest BCUT2D eigenvalue weighted by Crippen LogP contribution is -2.43. The molecule has 2 heterocycles. The Morgan fingerprint density at radius 1 is 1.21 bits per heavy atom. The molecule has 1 fully saturated rings. The average molecular weight is 588 g/mol. The topological polar surface area (TPSA) is 128 Å². The number of alkyl halides is 3. The molecule has 4 rings (SSSR count). The molecule has 3 aromatic rings. The number of benzene rings is 1. The van der Waals surface area contributed by atoms with E-state index in [0.717, 1.165) is 30.4 Å². The van der Waals surface area contributed by atoms with Crippen molar-refractivity contribution in [2.24, 2.45) is 24.6 Å². The van der Waals surface area contributed by atoms with Crippen LogP contribution in [-0.4, -0.2) is 43.9 Å². The van der Waals surface area contributed by atoms with E-state index in [1.807, 2.05) is 42.5 Å². The van der Waals surface area contributed by atoms with Crippen molar-refractivity contribution in [3.63, 3.8) is 0 Å². The number of aromatic nitrogens is 4. The predicted octanol–water partition coefficient (Wildman–Crippen LogP) is 3.98. The molecule has 0 spiro atoms. The van der Waals surface area contributed by atoms with Gasteiger partial charge in [-0.1, -0.05) is 20.8 Å². The number of halogens is 3. The number of nitrogens with zero attached hydrogens (tertiary/aromatic N) is 5. The highest BCUT2D eigenvalue weighted by molar-refractivity contribution is 5.92. The van der Waals surface area contributed by atoms with Gasteiger partial charge in [-0.25, -0.2) is 0 Å². The number of hydrogen-bond acceptors (Lipinski definition) is 6. The van der Waals surface area contributed by atoms with Gasteiger partial charge in [-0.2, -0.15) is 13.2 Å². The van der Waals surface area contributed by atoms with E-state index in [-0.39, 0.29) is 18.4 Å². The van der Waals surface area contributed by atoms with Crippen LogP contribution < -0.4 is 21.5 Å². The summed E-state index contributed by atoms with van der Waals surface area (Å²) in [6, 6.07) is 6.99. The molecule has 2 aromatic heterocycles. The maximum Gasteiger partial charge on any atom is 0.406 e. The van der Waals surface area contributed by atoms with Gasteiger partial charge in [0.05, 0.1) is 5.41 Å². The van der Waals surface area contributed by atoms with Crippen LogP contribution in [0.2, 0.25) is 0 Å². The maximum atomic E-state index is 13.3. The molecule has 0 unspecified atom stereocenters. The van der Waals surface area contributed by atoms with Crippen molar-refractivity contribution < 1.29 is 22.8 Å². The summed E-state index contributed by atoms with van der Waals surface area (Å²) in [5, 5.41) is 11.4. The van der Waals surface area contributed by atoms with Crippen molar-refractivity contribution >= 4 is 23.2 Å². The number of nitrogens with one attached hydrogen (secondary N) is 1. The smallest absolute Gasteiger partial charge is 0.367 e. The van der Waals surface area contributed by atoms with Crippen LogP contribution in [0, 0.1) is 11.8 Å². The third-order valence-corrected chi connectivity index (χ3v) is 7.41. The fourth-order valence-corrected chi connectivity index (χ4v) is 5.93. The lowest BCUT2D eigenvalue weighted by molar-refractivity contribution is -0.141. The zero-order chi connectivity index (χ0) is 31.0. The highest BCUT2D eigenvalue weighted by Crippen LogP contribution is 2.52. The Kier molecular flexibility index (Phi) is 8.51. The van der Waals surface area contributed by atoms with Crippen molar-refractivity contribution in [2.45, 2.75) is 65.2 Å². The zero-order valence-corrected chi connectivity index (χ0v) is 24.3. The molecule has 0 radical (unpaired) electrons. The number of hydrogen-bond donors (Lipinski definition) is 2. The normalized spacial score (nSPS) is 18.5. The van der Waals surface area contributed by atoms with E-state index in [2.05, 4.69) is 22.4 Å². The molecule has 0 saturated heterocycles. The zero-order valence-electron chi connectivity index (χ0n) is 24.3. The first-order valence-corrected chi connectivity index (χ1v) is 13.7. The van der Waals surface area contributed by atoms with Gasteiger partial charge in [0.2, 0.25) is 5.91 Å². The first kappa shape index (κ1) is 30.8. The molecular weight excluding hydrogens is 551 g/mol. The molecule has 0 aliphatic heterocycles. The van der Waals surface area contributed by atoms with Gasteiger partial charge in [0.1, 0.15) is 24.3 Å². The van der Waals surface area contributed by atoms with Gasteiger partial charge in [0, 0.05) is 44.6 Å². The second-order valence-corrected chi connectivity index (χ2v) is 11.8. The van der Waals surface area contributed by atoms with Crippen LogP contribution in [0.4, 0.5) is 24.5 Å². The lowest BCUT2D eigenvalue weighted by Gasteiger charge is -2.46. The van der Waals surface area contributed by atoms with Crippen LogP contribution in [0.15, 0.2) is 41.6 Å². The Morgan fingerprint density at radius 2 is 1.90 bits per heavy atom. The van der Waals surface area contributed by atoms with Crippen LogP contribution >= 0.6 is 0 Å². The quantitative estimate of drug-likeness (QED) is 0.370. The highest BCUT2D eigenvalue weighted by Gasteiger charge is 2.48. The number of rotatable bonds is 10. The van der Waals surface area contributed by atoms with E-state index < -0.39 is 35.2 Å². The third-order valence-electron chi connectivity index (χ3n) is 7.41. The molecule has 42 heavy (non-hydrogen) atoms.